The van der Waals surface area contributed by atoms with E-state index in [0.717, 1.165) is 28.8 Å². The van der Waals surface area contributed by atoms with Crippen LogP contribution in [0, 0.1) is 5.82 Å². The van der Waals surface area contributed by atoms with E-state index in [2.05, 4.69) is 44.6 Å². The van der Waals surface area contributed by atoms with Crippen LogP contribution in [0.1, 0.15) is 38.4 Å². The van der Waals surface area contributed by atoms with Crippen molar-refractivity contribution in [3.05, 3.63) is 118 Å². The Labute approximate surface area is 206 Å². The number of carbonyl (C=O) groups is 1. The SMILES string of the molecule is Cn1nccc1Cc1ccc(Cc2cc(C(=O)NCc3cc4c(Cl)c[nH]c4cc3F)ccn2)cc1. The smallest absolute Gasteiger partial charge is 0.251 e. The number of hydrogen-bond acceptors (Lipinski definition) is 3. The van der Waals surface area contributed by atoms with Crippen LogP contribution < -0.4 is 5.32 Å². The second-order valence-electron chi connectivity index (χ2n) is 8.46. The fraction of sp³-hybridized carbons (Fsp3) is 0.148. The van der Waals surface area contributed by atoms with Crippen LogP contribution in [0.25, 0.3) is 10.9 Å². The van der Waals surface area contributed by atoms with Crippen molar-refractivity contribution in [1.29, 1.82) is 0 Å². The van der Waals surface area contributed by atoms with Crippen molar-refractivity contribution >= 4 is 28.4 Å². The van der Waals surface area contributed by atoms with E-state index in [0.29, 0.717) is 28.1 Å². The Morgan fingerprint density at radius 2 is 1.83 bits per heavy atom. The topological polar surface area (TPSA) is 75.6 Å². The van der Waals surface area contributed by atoms with Gasteiger partial charge in [-0.05, 0) is 41.5 Å². The second-order valence-corrected chi connectivity index (χ2v) is 8.87. The number of aromatic amines is 1. The van der Waals surface area contributed by atoms with Gasteiger partial charge in [-0.1, -0.05) is 35.9 Å². The highest BCUT2D eigenvalue weighted by Gasteiger charge is 2.12. The number of aryl methyl sites for hydroxylation is 1. The summed E-state index contributed by atoms with van der Waals surface area (Å²) in [6, 6.07) is 16.8. The Morgan fingerprint density at radius 3 is 2.57 bits per heavy atom. The molecule has 35 heavy (non-hydrogen) atoms. The highest BCUT2D eigenvalue weighted by Crippen LogP contribution is 2.25. The largest absolute Gasteiger partial charge is 0.360 e. The molecule has 0 fully saturated rings. The summed E-state index contributed by atoms with van der Waals surface area (Å²) in [7, 11) is 1.94. The number of hydrogen-bond donors (Lipinski definition) is 2. The van der Waals surface area contributed by atoms with Gasteiger partial charge in [-0.15, -0.1) is 0 Å². The molecule has 0 saturated heterocycles. The predicted molar refractivity (Wildman–Crippen MR) is 134 cm³/mol. The van der Waals surface area contributed by atoms with E-state index in [9.17, 15) is 9.18 Å². The molecular weight excluding hydrogens is 465 g/mol. The van der Waals surface area contributed by atoms with E-state index in [1.165, 1.54) is 11.6 Å². The minimum atomic E-state index is -0.404. The Bertz CT molecular complexity index is 1510. The summed E-state index contributed by atoms with van der Waals surface area (Å²) < 4.78 is 16.3. The Balaban J connectivity index is 1.23. The number of pyridine rings is 1. The van der Waals surface area contributed by atoms with Gasteiger partial charge in [0.25, 0.3) is 5.91 Å². The summed E-state index contributed by atoms with van der Waals surface area (Å²) in [6.45, 7) is 0.0535. The highest BCUT2D eigenvalue weighted by atomic mass is 35.5. The van der Waals surface area contributed by atoms with Crippen molar-refractivity contribution in [2.75, 3.05) is 0 Å². The average Bonchev–Trinajstić information content (AvgIpc) is 3.43. The summed E-state index contributed by atoms with van der Waals surface area (Å²) in [5.74, 6) is -0.696. The molecule has 8 heteroatoms. The molecule has 3 heterocycles. The maximum Gasteiger partial charge on any atom is 0.251 e. The molecule has 2 aromatic carbocycles. The van der Waals surface area contributed by atoms with Crippen molar-refractivity contribution in [2.45, 2.75) is 19.4 Å². The molecule has 0 aliphatic heterocycles. The summed E-state index contributed by atoms with van der Waals surface area (Å²) in [5.41, 5.74) is 5.69. The zero-order chi connectivity index (χ0) is 24.4. The van der Waals surface area contributed by atoms with Gasteiger partial charge in [-0.25, -0.2) is 4.39 Å². The summed E-state index contributed by atoms with van der Waals surface area (Å²) in [4.78, 5) is 20.1. The van der Waals surface area contributed by atoms with Gasteiger partial charge < -0.3 is 10.3 Å². The fourth-order valence-electron chi connectivity index (χ4n) is 4.05. The number of nitrogens with zero attached hydrogens (tertiary/aromatic N) is 3. The lowest BCUT2D eigenvalue weighted by atomic mass is 10.0. The molecule has 0 unspecified atom stereocenters. The number of amides is 1. The van der Waals surface area contributed by atoms with E-state index >= 15 is 0 Å². The van der Waals surface area contributed by atoms with Crippen LogP contribution in [-0.2, 0) is 26.4 Å². The standard InChI is InChI=1S/C27H23ClFN5O/c1-34-22(7-9-33-34)11-18-4-2-17(3-5-18)10-21-12-19(6-8-30-21)27(35)32-15-20-13-23-24(28)16-31-26(23)14-25(20)29/h2-9,12-14,16,31H,10-11,15H2,1H3,(H,32,35). The van der Waals surface area contributed by atoms with Crippen LogP contribution in [-0.4, -0.2) is 25.7 Å². The average molecular weight is 488 g/mol. The monoisotopic (exact) mass is 487 g/mol. The third-order valence-electron chi connectivity index (χ3n) is 6.03. The normalized spacial score (nSPS) is 11.2. The molecule has 6 nitrogen and oxygen atoms in total. The molecule has 0 radical (unpaired) electrons. The van der Waals surface area contributed by atoms with Gasteiger partial charge in [0.1, 0.15) is 5.82 Å². The summed E-state index contributed by atoms with van der Waals surface area (Å²) in [5, 5.41) is 8.22. The Morgan fingerprint density at radius 1 is 1.06 bits per heavy atom. The van der Waals surface area contributed by atoms with Crippen LogP contribution in [0.3, 0.4) is 0 Å². The van der Waals surface area contributed by atoms with Crippen LogP contribution in [0.15, 0.2) is 73.2 Å². The summed E-state index contributed by atoms with van der Waals surface area (Å²) >= 11 is 6.13. The number of fused-ring (bicyclic) bond motifs is 1. The van der Waals surface area contributed by atoms with Gasteiger partial charge in [-0.3, -0.25) is 14.5 Å². The number of rotatable bonds is 7. The first kappa shape index (κ1) is 22.8. The van der Waals surface area contributed by atoms with Crippen LogP contribution in [0.2, 0.25) is 5.02 Å². The number of benzene rings is 2. The molecule has 3 aromatic heterocycles. The van der Waals surface area contributed by atoms with E-state index in [1.807, 2.05) is 17.8 Å². The molecule has 0 atom stereocenters. The van der Waals surface area contributed by atoms with E-state index in [1.54, 1.807) is 36.8 Å². The summed E-state index contributed by atoms with van der Waals surface area (Å²) in [6.07, 6.45) is 6.44. The first-order valence-electron chi connectivity index (χ1n) is 11.2. The molecule has 0 aliphatic carbocycles. The van der Waals surface area contributed by atoms with E-state index < -0.39 is 5.82 Å². The van der Waals surface area contributed by atoms with Crippen molar-refractivity contribution in [1.82, 2.24) is 25.1 Å². The third kappa shape index (κ3) is 5.10. The van der Waals surface area contributed by atoms with Crippen molar-refractivity contribution < 1.29 is 9.18 Å². The Kier molecular flexibility index (Phi) is 6.33. The maximum absolute atomic E-state index is 14.4. The lowest BCUT2D eigenvalue weighted by Crippen LogP contribution is -2.23. The predicted octanol–water partition coefficient (Wildman–Crippen LogP) is 5.20. The number of aromatic nitrogens is 4. The van der Waals surface area contributed by atoms with E-state index in [-0.39, 0.29) is 12.5 Å². The second kappa shape index (κ2) is 9.72. The molecule has 176 valence electrons. The Hall–Kier alpha value is -3.97. The minimum Gasteiger partial charge on any atom is -0.360 e. The van der Waals surface area contributed by atoms with Crippen LogP contribution in [0.4, 0.5) is 4.39 Å². The van der Waals surface area contributed by atoms with E-state index in [4.69, 9.17) is 11.6 Å². The number of carbonyl (C=O) groups excluding carboxylic acids is 1. The third-order valence-corrected chi connectivity index (χ3v) is 6.35. The van der Waals surface area contributed by atoms with Crippen LogP contribution >= 0.6 is 11.6 Å². The van der Waals surface area contributed by atoms with Gasteiger partial charge in [-0.2, -0.15) is 5.10 Å². The lowest BCUT2D eigenvalue weighted by molar-refractivity contribution is 0.0950. The fourth-order valence-corrected chi connectivity index (χ4v) is 4.26. The number of halogens is 2. The van der Waals surface area contributed by atoms with Gasteiger partial charge in [0, 0.05) is 78.4 Å². The van der Waals surface area contributed by atoms with Gasteiger partial charge in [0.15, 0.2) is 0 Å². The van der Waals surface area contributed by atoms with Crippen LogP contribution in [0.5, 0.6) is 0 Å². The minimum absolute atomic E-state index is 0.0535. The molecule has 0 spiro atoms. The van der Waals surface area contributed by atoms with Crippen molar-refractivity contribution in [2.24, 2.45) is 7.05 Å². The van der Waals surface area contributed by atoms with Gasteiger partial charge in [0.05, 0.1) is 5.02 Å². The number of nitrogens with one attached hydrogen (secondary N) is 2. The molecule has 0 aliphatic rings. The first-order valence-corrected chi connectivity index (χ1v) is 11.6. The van der Waals surface area contributed by atoms with Gasteiger partial charge >= 0.3 is 0 Å². The molecule has 0 saturated carbocycles. The van der Waals surface area contributed by atoms with Crippen molar-refractivity contribution in [3.8, 4) is 0 Å². The zero-order valence-corrected chi connectivity index (χ0v) is 19.8. The molecular formula is C27H23ClFN5O. The molecule has 5 rings (SSSR count). The van der Waals surface area contributed by atoms with Gasteiger partial charge in [0.2, 0.25) is 0 Å². The van der Waals surface area contributed by atoms with Crippen molar-refractivity contribution in [3.63, 3.8) is 0 Å². The first-order chi connectivity index (χ1) is 17.0. The maximum atomic E-state index is 14.4. The molecule has 1 amide bonds. The molecule has 2 N–H and O–H groups in total. The number of H-pyrrole nitrogens is 1. The highest BCUT2D eigenvalue weighted by molar-refractivity contribution is 6.35. The molecule has 0 bridgehead atoms. The molecule has 5 aromatic rings. The zero-order valence-electron chi connectivity index (χ0n) is 19.1. The quantitative estimate of drug-likeness (QED) is 0.331. The lowest BCUT2D eigenvalue weighted by Gasteiger charge is -2.09.